The highest BCUT2D eigenvalue weighted by Gasteiger charge is 2.14. The molecule has 0 saturated carbocycles. The Morgan fingerprint density at radius 1 is 1.41 bits per heavy atom. The molecule has 1 aromatic carbocycles. The third-order valence-corrected chi connectivity index (χ3v) is 2.68. The maximum absolute atomic E-state index is 13.8. The second-order valence-corrected chi connectivity index (χ2v) is 3.80. The minimum atomic E-state index is -0.303. The highest BCUT2D eigenvalue weighted by atomic mass is 19.1. The van der Waals surface area contributed by atoms with Crippen molar-refractivity contribution in [3.8, 4) is 11.8 Å². The van der Waals surface area contributed by atoms with E-state index in [-0.39, 0.29) is 12.4 Å². The Hall–Kier alpha value is -1.80. The van der Waals surface area contributed by atoms with Gasteiger partial charge in [-0.2, -0.15) is 5.26 Å². The third-order valence-electron chi connectivity index (χ3n) is 2.68. The zero-order valence-electron chi connectivity index (χ0n) is 9.45. The number of benzene rings is 1. The van der Waals surface area contributed by atoms with Crippen LogP contribution in [-0.2, 0) is 0 Å². The van der Waals surface area contributed by atoms with E-state index >= 15 is 0 Å². The first kappa shape index (κ1) is 11.7. The van der Waals surface area contributed by atoms with Crippen LogP contribution in [0.2, 0.25) is 0 Å². The van der Waals surface area contributed by atoms with E-state index in [4.69, 9.17) is 10.00 Å². The molecule has 0 bridgehead atoms. The van der Waals surface area contributed by atoms with Gasteiger partial charge in [-0.25, -0.2) is 4.39 Å². The number of halogens is 1. The van der Waals surface area contributed by atoms with Crippen molar-refractivity contribution in [1.29, 1.82) is 5.26 Å². The standard InChI is InChI=1S/C12H14FN3O/c13-11-9-10(17-8-3-14)1-2-12(11)16-6-4-15-5-7-16/h1-2,9,15H,4-8H2. The average molecular weight is 235 g/mol. The Bertz CT molecular complexity index is 424. The lowest BCUT2D eigenvalue weighted by atomic mass is 10.2. The van der Waals surface area contributed by atoms with Crippen molar-refractivity contribution in [1.82, 2.24) is 5.32 Å². The van der Waals surface area contributed by atoms with Crippen molar-refractivity contribution in [2.24, 2.45) is 0 Å². The number of hydrogen-bond donors (Lipinski definition) is 1. The molecule has 0 aliphatic carbocycles. The topological polar surface area (TPSA) is 48.3 Å². The zero-order valence-corrected chi connectivity index (χ0v) is 9.45. The normalized spacial score (nSPS) is 15.4. The van der Waals surface area contributed by atoms with Crippen molar-refractivity contribution in [2.45, 2.75) is 0 Å². The van der Waals surface area contributed by atoms with Gasteiger partial charge in [-0.05, 0) is 12.1 Å². The summed E-state index contributed by atoms with van der Waals surface area (Å²) in [7, 11) is 0. The first-order valence-electron chi connectivity index (χ1n) is 5.56. The Labute approximate surface area is 99.6 Å². The summed E-state index contributed by atoms with van der Waals surface area (Å²) < 4.78 is 18.9. The van der Waals surface area contributed by atoms with E-state index in [1.54, 1.807) is 12.1 Å². The molecule has 1 aliphatic heterocycles. The summed E-state index contributed by atoms with van der Waals surface area (Å²) in [4.78, 5) is 2.00. The lowest BCUT2D eigenvalue weighted by Gasteiger charge is -2.29. The van der Waals surface area contributed by atoms with Gasteiger partial charge in [0.2, 0.25) is 0 Å². The van der Waals surface area contributed by atoms with Crippen molar-refractivity contribution >= 4 is 5.69 Å². The number of rotatable bonds is 3. The summed E-state index contributed by atoms with van der Waals surface area (Å²) >= 11 is 0. The van der Waals surface area contributed by atoms with Crippen LogP contribution in [0.3, 0.4) is 0 Å². The van der Waals surface area contributed by atoms with E-state index in [0.717, 1.165) is 26.2 Å². The van der Waals surface area contributed by atoms with E-state index in [1.807, 2.05) is 11.0 Å². The molecule has 0 unspecified atom stereocenters. The summed E-state index contributed by atoms with van der Waals surface area (Å²) in [6, 6.07) is 6.57. The number of nitriles is 1. The predicted octanol–water partition coefficient (Wildman–Crippen LogP) is 1.14. The number of ether oxygens (including phenoxy) is 1. The van der Waals surface area contributed by atoms with E-state index in [1.165, 1.54) is 6.07 Å². The van der Waals surface area contributed by atoms with Crippen LogP contribution in [0.1, 0.15) is 0 Å². The van der Waals surface area contributed by atoms with Crippen LogP contribution in [0, 0.1) is 17.1 Å². The van der Waals surface area contributed by atoms with Crippen molar-refractivity contribution in [2.75, 3.05) is 37.7 Å². The fourth-order valence-electron chi connectivity index (χ4n) is 1.86. The Kier molecular flexibility index (Phi) is 3.78. The minimum absolute atomic E-state index is 0.0631. The highest BCUT2D eigenvalue weighted by Crippen LogP contribution is 2.24. The van der Waals surface area contributed by atoms with Gasteiger partial charge in [-0.3, -0.25) is 0 Å². The highest BCUT2D eigenvalue weighted by molar-refractivity contribution is 5.51. The molecule has 1 N–H and O–H groups in total. The van der Waals surface area contributed by atoms with Gasteiger partial charge in [0.15, 0.2) is 6.61 Å². The van der Waals surface area contributed by atoms with Crippen LogP contribution in [0.4, 0.5) is 10.1 Å². The smallest absolute Gasteiger partial charge is 0.174 e. The summed E-state index contributed by atoms with van der Waals surface area (Å²) in [5.41, 5.74) is 0.593. The molecule has 17 heavy (non-hydrogen) atoms. The monoisotopic (exact) mass is 235 g/mol. The number of piperazine rings is 1. The van der Waals surface area contributed by atoms with E-state index in [9.17, 15) is 4.39 Å². The van der Waals surface area contributed by atoms with Gasteiger partial charge in [-0.15, -0.1) is 0 Å². The minimum Gasteiger partial charge on any atom is -0.479 e. The molecule has 0 atom stereocenters. The molecule has 1 aliphatic rings. The molecule has 1 heterocycles. The molecule has 5 heteroatoms. The number of nitrogens with zero attached hydrogens (tertiary/aromatic N) is 2. The molecule has 0 amide bonds. The van der Waals surface area contributed by atoms with Crippen molar-refractivity contribution in [3.05, 3.63) is 24.0 Å². The number of nitrogens with one attached hydrogen (secondary N) is 1. The summed E-state index contributed by atoms with van der Waals surface area (Å²) in [6.07, 6.45) is 0. The van der Waals surface area contributed by atoms with E-state index in [2.05, 4.69) is 5.32 Å². The van der Waals surface area contributed by atoms with Gasteiger partial charge in [-0.1, -0.05) is 0 Å². The molecule has 4 nitrogen and oxygen atoms in total. The quantitative estimate of drug-likeness (QED) is 0.853. The molecule has 90 valence electrons. The lowest BCUT2D eigenvalue weighted by Crippen LogP contribution is -2.43. The molecule has 1 saturated heterocycles. The first-order chi connectivity index (χ1) is 8.31. The Morgan fingerprint density at radius 3 is 2.82 bits per heavy atom. The van der Waals surface area contributed by atoms with Crippen LogP contribution >= 0.6 is 0 Å². The van der Waals surface area contributed by atoms with Crippen LogP contribution in [0.15, 0.2) is 18.2 Å². The molecule has 1 fully saturated rings. The second kappa shape index (κ2) is 5.51. The summed E-state index contributed by atoms with van der Waals surface area (Å²) in [5.74, 6) is 0.0882. The number of anilines is 1. The fraction of sp³-hybridized carbons (Fsp3) is 0.417. The molecule has 1 aromatic rings. The molecule has 0 spiro atoms. The van der Waals surface area contributed by atoms with Crippen LogP contribution in [0.25, 0.3) is 0 Å². The van der Waals surface area contributed by atoms with Crippen molar-refractivity contribution < 1.29 is 9.13 Å². The summed E-state index contributed by atoms with van der Waals surface area (Å²) in [6.45, 7) is 3.27. The Balaban J connectivity index is 2.10. The third kappa shape index (κ3) is 2.86. The first-order valence-corrected chi connectivity index (χ1v) is 5.56. The maximum Gasteiger partial charge on any atom is 0.174 e. The van der Waals surface area contributed by atoms with Gasteiger partial charge in [0.05, 0.1) is 5.69 Å². The van der Waals surface area contributed by atoms with E-state index < -0.39 is 0 Å². The molecule has 0 aromatic heterocycles. The van der Waals surface area contributed by atoms with E-state index in [0.29, 0.717) is 11.4 Å². The maximum atomic E-state index is 13.8. The van der Waals surface area contributed by atoms with Gasteiger partial charge in [0.25, 0.3) is 0 Å². The molecular formula is C12H14FN3O. The fourth-order valence-corrected chi connectivity index (χ4v) is 1.86. The van der Waals surface area contributed by atoms with Crippen LogP contribution in [-0.4, -0.2) is 32.8 Å². The van der Waals surface area contributed by atoms with Crippen LogP contribution < -0.4 is 15.0 Å². The second-order valence-electron chi connectivity index (χ2n) is 3.80. The molecule has 0 radical (unpaired) electrons. The van der Waals surface area contributed by atoms with Gasteiger partial charge >= 0.3 is 0 Å². The van der Waals surface area contributed by atoms with Crippen LogP contribution in [0.5, 0.6) is 5.75 Å². The number of hydrogen-bond acceptors (Lipinski definition) is 4. The SMILES string of the molecule is N#CCOc1ccc(N2CCNCC2)c(F)c1. The summed E-state index contributed by atoms with van der Waals surface area (Å²) in [5, 5.41) is 11.6. The Morgan fingerprint density at radius 2 is 2.18 bits per heavy atom. The zero-order chi connectivity index (χ0) is 12.1. The van der Waals surface area contributed by atoms with Gasteiger partial charge in [0.1, 0.15) is 17.6 Å². The largest absolute Gasteiger partial charge is 0.479 e. The van der Waals surface area contributed by atoms with Crippen molar-refractivity contribution in [3.63, 3.8) is 0 Å². The van der Waals surface area contributed by atoms with Gasteiger partial charge < -0.3 is 15.0 Å². The van der Waals surface area contributed by atoms with Gasteiger partial charge in [0, 0.05) is 32.2 Å². The molecular weight excluding hydrogens is 221 g/mol. The average Bonchev–Trinajstić information content (AvgIpc) is 2.37. The lowest BCUT2D eigenvalue weighted by molar-refractivity contribution is 0.365. The molecule has 2 rings (SSSR count). The predicted molar refractivity (Wildman–Crippen MR) is 62.6 cm³/mol.